The van der Waals surface area contributed by atoms with Crippen LogP contribution in [0.25, 0.3) is 10.6 Å². The summed E-state index contributed by atoms with van der Waals surface area (Å²) in [4.78, 5) is 22.2. The van der Waals surface area contributed by atoms with Gasteiger partial charge in [-0.15, -0.1) is 11.3 Å². The summed E-state index contributed by atoms with van der Waals surface area (Å²) in [7, 11) is 0. The molecule has 1 fully saturated rings. The molecule has 6 heteroatoms. The highest BCUT2D eigenvalue weighted by Gasteiger charge is 2.19. The first-order valence-electron chi connectivity index (χ1n) is 8.46. The van der Waals surface area contributed by atoms with Crippen molar-refractivity contribution in [1.82, 2.24) is 20.1 Å². The lowest BCUT2D eigenvalue weighted by Gasteiger charge is -2.33. The zero-order valence-corrected chi connectivity index (χ0v) is 14.9. The van der Waals surface area contributed by atoms with Gasteiger partial charge in [-0.1, -0.05) is 30.3 Å². The minimum Gasteiger partial charge on any atom is -0.355 e. The molecule has 1 amide bonds. The number of benzene rings is 1. The average molecular weight is 344 g/mol. The Bertz CT molecular complexity index is 650. The van der Waals surface area contributed by atoms with Crippen molar-refractivity contribution in [3.05, 3.63) is 41.4 Å². The molecule has 0 radical (unpaired) electrons. The number of carbonyl (C=O) groups is 1. The van der Waals surface area contributed by atoms with Crippen LogP contribution in [0, 0.1) is 0 Å². The molecule has 1 aromatic carbocycles. The number of amides is 1. The summed E-state index contributed by atoms with van der Waals surface area (Å²) >= 11 is 1.77. The fraction of sp³-hybridized carbons (Fsp3) is 0.444. The Morgan fingerprint density at radius 2 is 1.88 bits per heavy atom. The van der Waals surface area contributed by atoms with E-state index in [1.165, 1.54) is 10.4 Å². The van der Waals surface area contributed by atoms with Crippen molar-refractivity contribution < 1.29 is 4.79 Å². The zero-order valence-electron chi connectivity index (χ0n) is 14.1. The summed E-state index contributed by atoms with van der Waals surface area (Å²) in [5.41, 5.74) is 1.18. The quantitative estimate of drug-likeness (QED) is 0.871. The summed E-state index contributed by atoms with van der Waals surface area (Å²) in [5, 5.41) is 3.95. The van der Waals surface area contributed by atoms with Crippen molar-refractivity contribution >= 4 is 17.2 Å². The number of rotatable bonds is 6. The van der Waals surface area contributed by atoms with Gasteiger partial charge in [0.1, 0.15) is 5.01 Å². The van der Waals surface area contributed by atoms with E-state index >= 15 is 0 Å². The Hall–Kier alpha value is -1.76. The van der Waals surface area contributed by atoms with Gasteiger partial charge in [0.2, 0.25) is 5.91 Å². The van der Waals surface area contributed by atoms with Gasteiger partial charge in [0, 0.05) is 55.9 Å². The summed E-state index contributed by atoms with van der Waals surface area (Å²) in [5.74, 6) is 0.126. The van der Waals surface area contributed by atoms with Gasteiger partial charge in [-0.2, -0.15) is 0 Å². The molecule has 1 saturated heterocycles. The second-order valence-corrected chi connectivity index (χ2v) is 7.12. The maximum absolute atomic E-state index is 11.6. The van der Waals surface area contributed by atoms with Crippen molar-refractivity contribution in [3.8, 4) is 10.6 Å². The van der Waals surface area contributed by atoms with E-state index in [1.54, 1.807) is 11.3 Å². The fourth-order valence-corrected chi connectivity index (χ4v) is 3.84. The van der Waals surface area contributed by atoms with E-state index < -0.39 is 0 Å². The van der Waals surface area contributed by atoms with E-state index in [0.29, 0.717) is 13.1 Å². The predicted molar refractivity (Wildman–Crippen MR) is 98.0 cm³/mol. The van der Waals surface area contributed by atoms with Crippen LogP contribution in [0.15, 0.2) is 36.5 Å². The first-order chi connectivity index (χ1) is 11.7. The number of hydrogen-bond donors (Lipinski definition) is 1. The molecule has 5 nitrogen and oxygen atoms in total. The van der Waals surface area contributed by atoms with Gasteiger partial charge < -0.3 is 5.32 Å². The molecule has 0 atom stereocenters. The molecule has 0 spiro atoms. The molecule has 0 aliphatic carbocycles. The molecular weight excluding hydrogens is 320 g/mol. The number of piperazine rings is 1. The highest BCUT2D eigenvalue weighted by molar-refractivity contribution is 7.15. The number of carbonyl (C=O) groups excluding carboxylic acids is 1. The zero-order chi connectivity index (χ0) is 16.8. The fourth-order valence-electron chi connectivity index (χ4n) is 2.88. The van der Waals surface area contributed by atoms with E-state index in [4.69, 9.17) is 0 Å². The molecule has 0 unspecified atom stereocenters. The maximum Gasteiger partial charge on any atom is 0.234 e. The largest absolute Gasteiger partial charge is 0.355 e. The Labute approximate surface area is 147 Å². The lowest BCUT2D eigenvalue weighted by atomic mass is 10.2. The molecule has 24 heavy (non-hydrogen) atoms. The number of thiazole rings is 1. The van der Waals surface area contributed by atoms with Crippen LogP contribution in [0.1, 0.15) is 11.8 Å². The SMILES string of the molecule is CCNC(=O)CN1CCN(Cc2cnc(-c3ccccc3)s2)CC1. The van der Waals surface area contributed by atoms with Gasteiger partial charge >= 0.3 is 0 Å². The van der Waals surface area contributed by atoms with Gasteiger partial charge in [0.25, 0.3) is 0 Å². The molecule has 2 heterocycles. The van der Waals surface area contributed by atoms with Gasteiger partial charge in [-0.05, 0) is 6.92 Å². The number of hydrogen-bond acceptors (Lipinski definition) is 5. The predicted octanol–water partition coefficient (Wildman–Crippen LogP) is 2.06. The van der Waals surface area contributed by atoms with Crippen molar-refractivity contribution in [2.45, 2.75) is 13.5 Å². The maximum atomic E-state index is 11.6. The average Bonchev–Trinajstić information content (AvgIpc) is 3.06. The van der Waals surface area contributed by atoms with Crippen LogP contribution in [0.5, 0.6) is 0 Å². The highest BCUT2D eigenvalue weighted by atomic mass is 32.1. The van der Waals surface area contributed by atoms with E-state index in [0.717, 1.165) is 37.7 Å². The second kappa shape index (κ2) is 8.37. The van der Waals surface area contributed by atoms with Crippen molar-refractivity contribution in [2.24, 2.45) is 0 Å². The van der Waals surface area contributed by atoms with Crippen LogP contribution in [-0.2, 0) is 11.3 Å². The summed E-state index contributed by atoms with van der Waals surface area (Å²) in [6, 6.07) is 10.3. The second-order valence-electron chi connectivity index (χ2n) is 6.00. The van der Waals surface area contributed by atoms with Crippen LogP contribution >= 0.6 is 11.3 Å². The van der Waals surface area contributed by atoms with Gasteiger partial charge in [0.05, 0.1) is 6.54 Å². The van der Waals surface area contributed by atoms with E-state index in [-0.39, 0.29) is 5.91 Å². The third-order valence-corrected chi connectivity index (χ3v) is 5.19. The van der Waals surface area contributed by atoms with E-state index in [9.17, 15) is 4.79 Å². The molecule has 1 aromatic heterocycles. The van der Waals surface area contributed by atoms with Crippen molar-refractivity contribution in [3.63, 3.8) is 0 Å². The molecule has 1 N–H and O–H groups in total. The molecule has 128 valence electrons. The van der Waals surface area contributed by atoms with Crippen LogP contribution in [-0.4, -0.2) is 60.0 Å². The molecule has 0 bridgehead atoms. The van der Waals surface area contributed by atoms with Gasteiger partial charge in [-0.25, -0.2) is 4.98 Å². The lowest BCUT2D eigenvalue weighted by molar-refractivity contribution is -0.122. The molecule has 2 aromatic rings. The number of likely N-dealkylation sites (N-methyl/N-ethyl adjacent to an activating group) is 1. The Morgan fingerprint density at radius 1 is 1.17 bits per heavy atom. The third-order valence-electron chi connectivity index (χ3n) is 4.16. The van der Waals surface area contributed by atoms with Crippen LogP contribution in [0.2, 0.25) is 0 Å². The normalized spacial score (nSPS) is 16.2. The molecule has 3 rings (SSSR count). The summed E-state index contributed by atoms with van der Waals surface area (Å²) in [6.45, 7) is 8.00. The minimum atomic E-state index is 0.126. The van der Waals surface area contributed by atoms with E-state index in [2.05, 4.69) is 32.2 Å². The van der Waals surface area contributed by atoms with Crippen LogP contribution in [0.3, 0.4) is 0 Å². The Morgan fingerprint density at radius 3 is 2.58 bits per heavy atom. The number of nitrogens with zero attached hydrogens (tertiary/aromatic N) is 3. The standard InChI is InChI=1S/C18H24N4OS/c1-2-19-17(23)14-22-10-8-21(9-11-22)13-16-12-20-18(24-16)15-6-4-3-5-7-15/h3-7,12H,2,8-11,13-14H2,1H3,(H,19,23). The summed E-state index contributed by atoms with van der Waals surface area (Å²) in [6.07, 6.45) is 1.99. The number of aromatic nitrogens is 1. The monoisotopic (exact) mass is 344 g/mol. The highest BCUT2D eigenvalue weighted by Crippen LogP contribution is 2.25. The van der Waals surface area contributed by atoms with Gasteiger partial charge in [-0.3, -0.25) is 14.6 Å². The molecule has 0 saturated carbocycles. The van der Waals surface area contributed by atoms with Crippen molar-refractivity contribution in [1.29, 1.82) is 0 Å². The summed E-state index contributed by atoms with van der Waals surface area (Å²) < 4.78 is 0. The third kappa shape index (κ3) is 4.63. The molecular formula is C18H24N4OS. The lowest BCUT2D eigenvalue weighted by Crippen LogP contribution is -2.49. The van der Waals surface area contributed by atoms with Crippen molar-refractivity contribution in [2.75, 3.05) is 39.3 Å². The Kier molecular flexibility index (Phi) is 5.96. The topological polar surface area (TPSA) is 48.5 Å². The number of nitrogens with one attached hydrogen (secondary N) is 1. The van der Waals surface area contributed by atoms with Gasteiger partial charge in [0.15, 0.2) is 0 Å². The first-order valence-corrected chi connectivity index (χ1v) is 9.28. The molecule has 1 aliphatic rings. The first kappa shape index (κ1) is 17.1. The van der Waals surface area contributed by atoms with E-state index in [1.807, 2.05) is 31.3 Å². The smallest absolute Gasteiger partial charge is 0.234 e. The molecule has 1 aliphatic heterocycles. The minimum absolute atomic E-state index is 0.126. The Balaban J connectivity index is 1.48. The van der Waals surface area contributed by atoms with Crippen LogP contribution in [0.4, 0.5) is 0 Å². The van der Waals surface area contributed by atoms with Crippen LogP contribution < -0.4 is 5.32 Å².